The van der Waals surface area contributed by atoms with Gasteiger partial charge in [0.25, 0.3) is 5.91 Å². The molecule has 0 bridgehead atoms. The molecular weight excluding hydrogens is 315 g/mol. The number of hydrogen-bond acceptors (Lipinski definition) is 4. The first-order chi connectivity index (χ1) is 9.97. The molecule has 2 heterocycles. The molecule has 5 nitrogen and oxygen atoms in total. The first kappa shape index (κ1) is 13.7. The Balaban J connectivity index is 2.24. The quantitative estimate of drug-likeness (QED) is 0.705. The standard InChI is InChI=1S/C14H8Cl2N2O3/c15-7-3-1-6(2-4-7)9-5-8-11(19)10(14(17)20)18-13(16)12(8)21-9/h1-5,19H,(H2,17,20). The Morgan fingerprint density at radius 3 is 2.52 bits per heavy atom. The van der Waals surface area contributed by atoms with Gasteiger partial charge in [0, 0.05) is 10.6 Å². The zero-order valence-electron chi connectivity index (χ0n) is 10.4. The maximum absolute atomic E-state index is 11.2. The highest BCUT2D eigenvalue weighted by Crippen LogP contribution is 2.37. The lowest BCUT2D eigenvalue weighted by Crippen LogP contribution is -2.13. The molecule has 0 saturated carbocycles. The number of halogens is 2. The van der Waals surface area contributed by atoms with Crippen LogP contribution in [0.1, 0.15) is 10.5 Å². The zero-order chi connectivity index (χ0) is 15.1. The van der Waals surface area contributed by atoms with Crippen LogP contribution in [0.15, 0.2) is 34.7 Å². The number of furan rings is 1. The summed E-state index contributed by atoms with van der Waals surface area (Å²) in [7, 11) is 0. The molecule has 1 amide bonds. The Morgan fingerprint density at radius 2 is 1.90 bits per heavy atom. The number of primary amides is 1. The first-order valence-electron chi connectivity index (χ1n) is 5.85. The van der Waals surface area contributed by atoms with Crippen LogP contribution in [-0.2, 0) is 0 Å². The normalized spacial score (nSPS) is 11.0. The fourth-order valence-electron chi connectivity index (χ4n) is 1.98. The molecule has 0 fully saturated rings. The average molecular weight is 323 g/mol. The van der Waals surface area contributed by atoms with Crippen molar-refractivity contribution in [2.75, 3.05) is 0 Å². The molecule has 1 aromatic carbocycles. The van der Waals surface area contributed by atoms with Gasteiger partial charge in [0.1, 0.15) is 5.76 Å². The van der Waals surface area contributed by atoms with Gasteiger partial charge in [0.05, 0.1) is 5.39 Å². The summed E-state index contributed by atoms with van der Waals surface area (Å²) in [4.78, 5) is 15.0. The van der Waals surface area contributed by atoms with Crippen molar-refractivity contribution in [3.63, 3.8) is 0 Å². The number of amides is 1. The summed E-state index contributed by atoms with van der Waals surface area (Å²) < 4.78 is 5.59. The van der Waals surface area contributed by atoms with Crippen molar-refractivity contribution in [1.82, 2.24) is 4.98 Å². The van der Waals surface area contributed by atoms with Crippen LogP contribution >= 0.6 is 23.2 Å². The Bertz CT molecular complexity index is 857. The first-order valence-corrected chi connectivity index (χ1v) is 6.60. The maximum Gasteiger partial charge on any atom is 0.271 e. The third-order valence-corrected chi connectivity index (χ3v) is 3.48. The smallest absolute Gasteiger partial charge is 0.271 e. The van der Waals surface area contributed by atoms with Crippen LogP contribution < -0.4 is 5.73 Å². The second kappa shape index (κ2) is 4.95. The number of carbonyl (C=O) groups is 1. The predicted octanol–water partition coefficient (Wildman–Crippen LogP) is 3.61. The molecule has 0 spiro atoms. The van der Waals surface area contributed by atoms with E-state index in [1.165, 1.54) is 0 Å². The predicted molar refractivity (Wildman–Crippen MR) is 79.6 cm³/mol. The molecule has 3 aromatic rings. The molecule has 0 aliphatic rings. The van der Waals surface area contributed by atoms with Gasteiger partial charge in [-0.3, -0.25) is 4.79 Å². The molecule has 0 atom stereocenters. The van der Waals surface area contributed by atoms with Crippen molar-refractivity contribution in [3.8, 4) is 17.1 Å². The second-order valence-electron chi connectivity index (χ2n) is 4.32. The van der Waals surface area contributed by atoms with Gasteiger partial charge in [-0.2, -0.15) is 0 Å². The monoisotopic (exact) mass is 322 g/mol. The Hall–Kier alpha value is -2.24. The van der Waals surface area contributed by atoms with Crippen LogP contribution in [-0.4, -0.2) is 16.0 Å². The number of nitrogens with two attached hydrogens (primary N) is 1. The van der Waals surface area contributed by atoms with E-state index in [0.29, 0.717) is 10.8 Å². The molecule has 3 rings (SSSR count). The molecule has 0 unspecified atom stereocenters. The van der Waals surface area contributed by atoms with Crippen LogP contribution in [0, 0.1) is 0 Å². The fourth-order valence-corrected chi connectivity index (χ4v) is 2.33. The van der Waals surface area contributed by atoms with E-state index in [0.717, 1.165) is 5.56 Å². The molecule has 0 aliphatic heterocycles. The van der Waals surface area contributed by atoms with E-state index in [2.05, 4.69) is 4.98 Å². The van der Waals surface area contributed by atoms with Crippen molar-refractivity contribution in [1.29, 1.82) is 0 Å². The Labute approximate surface area is 128 Å². The van der Waals surface area contributed by atoms with Crippen molar-refractivity contribution in [2.24, 2.45) is 5.73 Å². The van der Waals surface area contributed by atoms with Gasteiger partial charge in [-0.05, 0) is 30.3 Å². The molecule has 21 heavy (non-hydrogen) atoms. The summed E-state index contributed by atoms with van der Waals surface area (Å²) in [6, 6.07) is 8.49. The maximum atomic E-state index is 11.2. The van der Waals surface area contributed by atoms with Gasteiger partial charge in [-0.15, -0.1) is 0 Å². The number of pyridine rings is 1. The van der Waals surface area contributed by atoms with Crippen LogP contribution in [0.25, 0.3) is 22.3 Å². The minimum atomic E-state index is -0.870. The minimum absolute atomic E-state index is 0.0446. The number of rotatable bonds is 2. The zero-order valence-corrected chi connectivity index (χ0v) is 11.9. The summed E-state index contributed by atoms with van der Waals surface area (Å²) in [6.07, 6.45) is 0. The Morgan fingerprint density at radius 1 is 1.24 bits per heavy atom. The van der Waals surface area contributed by atoms with Gasteiger partial charge in [0.15, 0.2) is 22.2 Å². The largest absolute Gasteiger partial charge is 0.505 e. The summed E-state index contributed by atoms with van der Waals surface area (Å²) in [5.74, 6) is -0.765. The number of nitrogens with zero attached hydrogens (tertiary/aromatic N) is 1. The van der Waals surface area contributed by atoms with E-state index in [9.17, 15) is 9.90 Å². The fraction of sp³-hybridized carbons (Fsp3) is 0. The third kappa shape index (κ3) is 2.30. The number of carbonyl (C=O) groups excluding carboxylic acids is 1. The number of benzene rings is 1. The SMILES string of the molecule is NC(=O)c1nc(Cl)c2oc(-c3ccc(Cl)cc3)cc2c1O. The molecule has 106 valence electrons. The van der Waals surface area contributed by atoms with E-state index in [1.54, 1.807) is 30.3 Å². The van der Waals surface area contributed by atoms with Gasteiger partial charge in [0.2, 0.25) is 0 Å². The van der Waals surface area contributed by atoms with E-state index in [-0.39, 0.29) is 27.6 Å². The average Bonchev–Trinajstić information content (AvgIpc) is 2.89. The molecular formula is C14H8Cl2N2O3. The third-order valence-electron chi connectivity index (χ3n) is 2.97. The van der Waals surface area contributed by atoms with Crippen molar-refractivity contribution >= 4 is 40.1 Å². The van der Waals surface area contributed by atoms with Gasteiger partial charge >= 0.3 is 0 Å². The summed E-state index contributed by atoms with van der Waals surface area (Å²) in [5.41, 5.74) is 5.77. The van der Waals surface area contributed by atoms with E-state index in [4.69, 9.17) is 33.4 Å². The molecule has 3 N–H and O–H groups in total. The highest BCUT2D eigenvalue weighted by molar-refractivity contribution is 6.34. The van der Waals surface area contributed by atoms with Crippen LogP contribution in [0.3, 0.4) is 0 Å². The van der Waals surface area contributed by atoms with E-state index >= 15 is 0 Å². The van der Waals surface area contributed by atoms with Crippen LogP contribution in [0.4, 0.5) is 0 Å². The molecule has 7 heteroatoms. The summed E-state index contributed by atoms with van der Waals surface area (Å²) in [5, 5.41) is 10.9. The highest BCUT2D eigenvalue weighted by Gasteiger charge is 2.20. The Kier molecular flexibility index (Phi) is 3.23. The molecule has 0 aliphatic carbocycles. The van der Waals surface area contributed by atoms with Gasteiger partial charge in [-0.25, -0.2) is 4.98 Å². The van der Waals surface area contributed by atoms with E-state index < -0.39 is 5.91 Å². The highest BCUT2D eigenvalue weighted by atomic mass is 35.5. The second-order valence-corrected chi connectivity index (χ2v) is 5.12. The van der Waals surface area contributed by atoms with Gasteiger partial charge < -0.3 is 15.3 Å². The number of aromatic hydroxyl groups is 1. The topological polar surface area (TPSA) is 89.4 Å². The van der Waals surface area contributed by atoms with Gasteiger partial charge in [-0.1, -0.05) is 23.2 Å². The summed E-state index contributed by atoms with van der Waals surface area (Å²) >= 11 is 11.8. The molecule has 0 radical (unpaired) electrons. The van der Waals surface area contributed by atoms with Crippen LogP contribution in [0.2, 0.25) is 10.2 Å². The number of fused-ring (bicyclic) bond motifs is 1. The lowest BCUT2D eigenvalue weighted by molar-refractivity contribution is 0.0993. The number of aromatic nitrogens is 1. The lowest BCUT2D eigenvalue weighted by Gasteiger charge is -2.01. The molecule has 2 aromatic heterocycles. The lowest BCUT2D eigenvalue weighted by atomic mass is 10.1. The van der Waals surface area contributed by atoms with Crippen molar-refractivity contribution < 1.29 is 14.3 Å². The van der Waals surface area contributed by atoms with Crippen molar-refractivity contribution in [2.45, 2.75) is 0 Å². The summed E-state index contributed by atoms with van der Waals surface area (Å²) in [6.45, 7) is 0. The number of hydrogen-bond donors (Lipinski definition) is 2. The van der Waals surface area contributed by atoms with E-state index in [1.807, 2.05) is 0 Å². The minimum Gasteiger partial charge on any atom is -0.505 e. The molecule has 0 saturated heterocycles. The van der Waals surface area contributed by atoms with Crippen molar-refractivity contribution in [3.05, 3.63) is 46.2 Å². The van der Waals surface area contributed by atoms with Crippen LogP contribution in [0.5, 0.6) is 5.75 Å².